The smallest absolute Gasteiger partial charge is 0.245 e. The molecule has 3 heterocycles. The number of hydrogen-bond donors (Lipinski definition) is 14. The van der Waals surface area contributed by atoms with Gasteiger partial charge < -0.3 is 80.9 Å². The van der Waals surface area contributed by atoms with Gasteiger partial charge in [-0.05, 0) is 74.3 Å². The molecule has 0 bridgehead atoms. The molecule has 76 heavy (non-hydrogen) atoms. The zero-order valence-electron chi connectivity index (χ0n) is 42.1. The lowest BCUT2D eigenvalue weighted by Crippen LogP contribution is -2.60. The van der Waals surface area contributed by atoms with Gasteiger partial charge in [0.2, 0.25) is 53.2 Å². The number of aromatic nitrogens is 1. The van der Waals surface area contributed by atoms with Gasteiger partial charge in [-0.2, -0.15) is 0 Å². The van der Waals surface area contributed by atoms with E-state index in [2.05, 4.69) is 52.2 Å². The Bertz CT molecular complexity index is 2640. The average molecular weight is 1080 g/mol. The molecule has 1 aromatic heterocycles. The SMILES string of the molecule is CC(=O)N[C@@H](CCCN=C(N)N)C(=O)NC1CCC(=O)NCCC[C@@H](C(N)=O)NC(=O)[C@H](Cc2c[nH]c3ccccc23)NC(=O)[C@H](CCCN=C(N)N)NC(=O)[C@@H](Cc2cccc(Cl)c2)NC(=O)[C@@H]2C[C@@H](O)CN2C1=O. The molecule has 26 nitrogen and oxygen atoms in total. The summed E-state index contributed by atoms with van der Waals surface area (Å²) in [5.41, 5.74) is 29.7. The van der Waals surface area contributed by atoms with Crippen molar-refractivity contribution in [2.24, 2.45) is 38.7 Å². The number of aromatic amines is 1. The van der Waals surface area contributed by atoms with Crippen molar-refractivity contribution in [3.63, 3.8) is 0 Å². The van der Waals surface area contributed by atoms with Crippen LogP contribution in [0.1, 0.15) is 75.8 Å². The Morgan fingerprint density at radius 1 is 0.816 bits per heavy atom. The van der Waals surface area contributed by atoms with Crippen LogP contribution in [0.2, 0.25) is 5.02 Å². The first-order valence-corrected chi connectivity index (χ1v) is 25.3. The molecule has 8 atom stereocenters. The summed E-state index contributed by atoms with van der Waals surface area (Å²) in [6, 6.07) is 4.04. The Kier molecular flexibility index (Phi) is 22.2. The number of nitrogens with zero attached hydrogens (tertiary/aromatic N) is 3. The van der Waals surface area contributed by atoms with Crippen LogP contribution in [0.3, 0.4) is 0 Å². The maximum atomic E-state index is 14.7. The third-order valence-electron chi connectivity index (χ3n) is 12.7. The van der Waals surface area contributed by atoms with Crippen LogP contribution in [0, 0.1) is 0 Å². The van der Waals surface area contributed by atoms with Crippen LogP contribution in [-0.4, -0.2) is 155 Å². The van der Waals surface area contributed by atoms with Crippen LogP contribution in [-0.2, 0) is 56.0 Å². The van der Waals surface area contributed by atoms with E-state index < -0.39 is 102 Å². The second-order valence-corrected chi connectivity index (χ2v) is 19.1. The molecule has 0 saturated carbocycles. The predicted octanol–water partition coefficient (Wildman–Crippen LogP) is -3.22. The molecule has 0 spiro atoms. The fraction of sp³-hybridized carbons (Fsp3) is 0.490. The van der Waals surface area contributed by atoms with Crippen molar-refractivity contribution in [2.45, 2.75) is 126 Å². The first kappa shape index (κ1) is 58.9. The fourth-order valence-electron chi connectivity index (χ4n) is 8.93. The number of nitrogens with two attached hydrogens (primary N) is 5. The number of aliphatic hydroxyl groups excluding tert-OH is 1. The van der Waals surface area contributed by atoms with Crippen LogP contribution in [0.4, 0.5) is 0 Å². The molecule has 2 aliphatic rings. The van der Waals surface area contributed by atoms with Crippen LogP contribution in [0.5, 0.6) is 0 Å². The summed E-state index contributed by atoms with van der Waals surface area (Å²) in [6.45, 7) is 0.919. The van der Waals surface area contributed by atoms with Crippen LogP contribution in [0.25, 0.3) is 10.9 Å². The van der Waals surface area contributed by atoms with E-state index in [1.54, 1.807) is 36.5 Å². The molecule has 19 N–H and O–H groups in total. The van der Waals surface area contributed by atoms with Crippen molar-refractivity contribution in [3.8, 4) is 0 Å². The van der Waals surface area contributed by atoms with Gasteiger partial charge in [-0.3, -0.25) is 53.1 Å². The number of amides is 9. The quantitative estimate of drug-likeness (QED) is 0.0382. The standard InChI is InChI=1S/C49H69ClN16O10/c1-26(67)60-34(13-6-18-57-48(52)53)42(71)63-36-15-16-40(69)56-17-5-12-33(41(51)70)61-45(74)38(22-28-24-59-32-11-3-2-10-31(28)32)64-43(72)35(14-7-19-58-49(54)55)62-44(73)37(21-27-8-4-9-29(50)20-27)65-46(75)39-23-30(68)25-66(39)47(36)76/h2-4,8-11,20,24,30,33-39,59,68H,5-7,12-19,21-23,25H2,1H3,(H2,51,70)(H,56,69)(H,60,67)(H,61,74)(H,62,73)(H,63,71)(H,64,72)(H,65,75)(H4,52,53,57)(H4,54,55,58)/t30-,33+,34+,35+,36?,37-,38+,39+/m1/s1. The summed E-state index contributed by atoms with van der Waals surface area (Å²) in [5, 5.41) is 30.8. The number of aliphatic hydroxyl groups is 1. The molecule has 3 aromatic rings. The number of fused-ring (bicyclic) bond motifs is 2. The molecule has 2 aromatic carbocycles. The lowest BCUT2D eigenvalue weighted by Gasteiger charge is -2.31. The number of rotatable bonds is 16. The van der Waals surface area contributed by atoms with Gasteiger partial charge in [-0.15, -0.1) is 0 Å². The lowest BCUT2D eigenvalue weighted by molar-refractivity contribution is -0.143. The van der Waals surface area contributed by atoms with Crippen molar-refractivity contribution in [1.29, 1.82) is 0 Å². The summed E-state index contributed by atoms with van der Waals surface area (Å²) in [7, 11) is 0. The Morgan fingerprint density at radius 2 is 1.47 bits per heavy atom. The first-order valence-electron chi connectivity index (χ1n) is 24.9. The molecule has 2 aliphatic heterocycles. The van der Waals surface area contributed by atoms with Crippen molar-refractivity contribution in [2.75, 3.05) is 26.2 Å². The number of nitrogens with one attached hydrogen (secondary N) is 8. The van der Waals surface area contributed by atoms with E-state index in [0.29, 0.717) is 16.1 Å². The average Bonchev–Trinajstić information content (AvgIpc) is 3.97. The number of carbonyl (C=O) groups excluding carboxylic acids is 9. The molecule has 0 aliphatic carbocycles. The van der Waals surface area contributed by atoms with Crippen molar-refractivity contribution in [3.05, 3.63) is 70.9 Å². The number of halogens is 1. The number of benzene rings is 2. The number of para-hydroxylation sites is 1. The van der Waals surface area contributed by atoms with E-state index in [4.69, 9.17) is 40.3 Å². The summed E-state index contributed by atoms with van der Waals surface area (Å²) in [4.78, 5) is 137. The number of H-pyrrole nitrogens is 1. The Labute approximate surface area is 443 Å². The highest BCUT2D eigenvalue weighted by molar-refractivity contribution is 6.30. The van der Waals surface area contributed by atoms with E-state index in [-0.39, 0.29) is 109 Å². The minimum atomic E-state index is -1.51. The second kappa shape index (κ2) is 28.6. The summed E-state index contributed by atoms with van der Waals surface area (Å²) < 4.78 is 0. The minimum absolute atomic E-state index is 0.0303. The molecule has 412 valence electrons. The summed E-state index contributed by atoms with van der Waals surface area (Å²) in [5.74, 6) is -7.53. The molecule has 27 heteroatoms. The van der Waals surface area contributed by atoms with Gasteiger partial charge in [0, 0.05) is 80.9 Å². The summed E-state index contributed by atoms with van der Waals surface area (Å²) in [6.07, 6.45) is -0.503. The van der Waals surface area contributed by atoms with Crippen LogP contribution >= 0.6 is 11.6 Å². The minimum Gasteiger partial charge on any atom is -0.391 e. The number of guanidine groups is 2. The molecule has 9 amide bonds. The Balaban J connectivity index is 1.54. The van der Waals surface area contributed by atoms with Gasteiger partial charge in [-0.1, -0.05) is 41.9 Å². The Hall–Kier alpha value is -8.00. The molecule has 5 rings (SSSR count). The number of carbonyl (C=O) groups is 9. The van der Waals surface area contributed by atoms with Crippen molar-refractivity contribution in [1.82, 2.24) is 47.1 Å². The summed E-state index contributed by atoms with van der Waals surface area (Å²) >= 11 is 6.34. The van der Waals surface area contributed by atoms with Crippen molar-refractivity contribution < 1.29 is 48.3 Å². The van der Waals surface area contributed by atoms with Gasteiger partial charge in [0.25, 0.3) is 0 Å². The van der Waals surface area contributed by atoms with E-state index in [1.807, 2.05) is 18.2 Å². The highest BCUT2D eigenvalue weighted by atomic mass is 35.5. The van der Waals surface area contributed by atoms with E-state index >= 15 is 0 Å². The fourth-order valence-corrected chi connectivity index (χ4v) is 9.15. The maximum absolute atomic E-state index is 14.7. The van der Waals surface area contributed by atoms with Gasteiger partial charge in [0.15, 0.2) is 11.9 Å². The largest absolute Gasteiger partial charge is 0.391 e. The van der Waals surface area contributed by atoms with Crippen molar-refractivity contribution >= 4 is 87.6 Å². The van der Waals surface area contributed by atoms with Gasteiger partial charge >= 0.3 is 0 Å². The maximum Gasteiger partial charge on any atom is 0.245 e. The topological polar surface area (TPSA) is 432 Å². The van der Waals surface area contributed by atoms with Gasteiger partial charge in [0.1, 0.15) is 42.3 Å². The molecule has 2 saturated heterocycles. The van der Waals surface area contributed by atoms with E-state index in [9.17, 15) is 48.3 Å². The van der Waals surface area contributed by atoms with Gasteiger partial charge in [0.05, 0.1) is 6.10 Å². The molecule has 0 radical (unpaired) electrons. The number of hydrogen-bond acceptors (Lipinski definition) is 12. The number of primary amides is 1. The third kappa shape index (κ3) is 18.1. The predicted molar refractivity (Wildman–Crippen MR) is 281 cm³/mol. The monoisotopic (exact) mass is 1080 g/mol. The first-order chi connectivity index (χ1) is 36.2. The molecular weight excluding hydrogens is 1010 g/mol. The highest BCUT2D eigenvalue weighted by Gasteiger charge is 2.43. The van der Waals surface area contributed by atoms with Crippen LogP contribution in [0.15, 0.2) is 64.7 Å². The van der Waals surface area contributed by atoms with E-state index in [0.717, 1.165) is 15.8 Å². The lowest BCUT2D eigenvalue weighted by atomic mass is 10.0. The van der Waals surface area contributed by atoms with Gasteiger partial charge in [-0.25, -0.2) is 0 Å². The zero-order chi connectivity index (χ0) is 55.5. The number of aliphatic imine (C=N–C) groups is 2. The zero-order valence-corrected chi connectivity index (χ0v) is 42.9. The third-order valence-corrected chi connectivity index (χ3v) is 12.9. The Morgan fingerprint density at radius 3 is 2.17 bits per heavy atom. The molecule has 2 fully saturated rings. The normalized spacial score (nSPS) is 22.8. The molecular formula is C49H69ClN16O10. The van der Waals surface area contributed by atoms with E-state index in [1.165, 1.54) is 6.92 Å². The second-order valence-electron chi connectivity index (χ2n) is 18.7. The molecule has 1 unspecified atom stereocenters. The highest BCUT2D eigenvalue weighted by Crippen LogP contribution is 2.23. The van der Waals surface area contributed by atoms with Crippen LogP contribution < -0.4 is 65.9 Å².